The van der Waals surface area contributed by atoms with Crippen molar-refractivity contribution in [3.63, 3.8) is 0 Å². The summed E-state index contributed by atoms with van der Waals surface area (Å²) in [5.74, 6) is -0.963. The lowest BCUT2D eigenvalue weighted by molar-refractivity contribution is 0.0697. The van der Waals surface area contributed by atoms with Gasteiger partial charge < -0.3 is 10.1 Å². The fourth-order valence-electron chi connectivity index (χ4n) is 2.74. The second kappa shape index (κ2) is 4.23. The van der Waals surface area contributed by atoms with Crippen LogP contribution in [-0.4, -0.2) is 25.8 Å². The number of hydrogen-bond donors (Lipinski definition) is 2. The van der Waals surface area contributed by atoms with Crippen molar-refractivity contribution >= 4 is 16.9 Å². The molecular weight excluding hydrogens is 254 g/mol. The van der Waals surface area contributed by atoms with E-state index >= 15 is 0 Å². The Hall–Kier alpha value is -2.56. The number of aromatic nitrogens is 3. The molecule has 5 heteroatoms. The van der Waals surface area contributed by atoms with Gasteiger partial charge in [0.05, 0.1) is 11.9 Å². The molecule has 0 radical (unpaired) electrons. The van der Waals surface area contributed by atoms with Crippen LogP contribution in [0.1, 0.15) is 21.6 Å². The van der Waals surface area contributed by atoms with E-state index in [4.69, 9.17) is 0 Å². The molecule has 0 amide bonds. The molecule has 2 aromatic heterocycles. The summed E-state index contributed by atoms with van der Waals surface area (Å²) in [7, 11) is 1.76. The number of carboxylic acid groups (broad SMARTS) is 1. The van der Waals surface area contributed by atoms with Crippen molar-refractivity contribution in [2.24, 2.45) is 7.05 Å². The Morgan fingerprint density at radius 3 is 2.80 bits per heavy atom. The molecule has 0 saturated heterocycles. The molecule has 3 rings (SSSR count). The Morgan fingerprint density at radius 1 is 1.35 bits per heavy atom. The average molecular weight is 269 g/mol. The number of carboxylic acids is 1. The fraction of sp³-hybridized carbons (Fsp3) is 0.200. The second-order valence-electron chi connectivity index (χ2n) is 4.96. The van der Waals surface area contributed by atoms with E-state index in [1.54, 1.807) is 11.7 Å². The van der Waals surface area contributed by atoms with Crippen molar-refractivity contribution in [3.8, 4) is 11.3 Å². The van der Waals surface area contributed by atoms with Crippen LogP contribution >= 0.6 is 0 Å². The van der Waals surface area contributed by atoms with Crippen LogP contribution in [0.25, 0.3) is 22.2 Å². The minimum absolute atomic E-state index is 0.222. The molecule has 0 saturated carbocycles. The molecule has 0 aliphatic carbocycles. The van der Waals surface area contributed by atoms with Crippen LogP contribution in [-0.2, 0) is 7.05 Å². The van der Waals surface area contributed by atoms with Crippen LogP contribution in [0, 0.1) is 13.8 Å². The van der Waals surface area contributed by atoms with Crippen LogP contribution in [0.4, 0.5) is 0 Å². The van der Waals surface area contributed by atoms with Gasteiger partial charge in [0.1, 0.15) is 5.56 Å². The van der Waals surface area contributed by atoms with Gasteiger partial charge in [-0.3, -0.25) is 4.68 Å². The number of nitrogens with zero attached hydrogens (tertiary/aromatic N) is 2. The van der Waals surface area contributed by atoms with Crippen molar-refractivity contribution in [3.05, 3.63) is 41.2 Å². The van der Waals surface area contributed by atoms with Gasteiger partial charge in [-0.05, 0) is 25.5 Å². The van der Waals surface area contributed by atoms with E-state index in [0.717, 1.165) is 27.7 Å². The van der Waals surface area contributed by atoms with Gasteiger partial charge in [0.2, 0.25) is 0 Å². The highest BCUT2D eigenvalue weighted by Gasteiger charge is 2.22. The van der Waals surface area contributed by atoms with Gasteiger partial charge in [-0.15, -0.1) is 0 Å². The molecule has 20 heavy (non-hydrogen) atoms. The Labute approximate surface area is 115 Å². The lowest BCUT2D eigenvalue weighted by Crippen LogP contribution is -2.01. The number of aromatic amines is 1. The summed E-state index contributed by atoms with van der Waals surface area (Å²) in [5, 5.41) is 14.5. The number of carbonyl (C=O) groups is 1. The Balaban J connectivity index is 2.44. The predicted octanol–water partition coefficient (Wildman–Crippen LogP) is 2.88. The highest BCUT2D eigenvalue weighted by molar-refractivity contribution is 6.04. The Morgan fingerprint density at radius 2 is 2.10 bits per heavy atom. The Bertz CT molecular complexity index is 827. The number of benzene rings is 1. The summed E-state index contributed by atoms with van der Waals surface area (Å²) >= 11 is 0. The molecule has 2 N–H and O–H groups in total. The van der Waals surface area contributed by atoms with E-state index < -0.39 is 5.97 Å². The third-order valence-electron chi connectivity index (χ3n) is 3.63. The zero-order valence-corrected chi connectivity index (χ0v) is 11.6. The number of aryl methyl sites for hydroxylation is 3. The standard InChI is InChI=1S/C15H15N3O2/c1-8-5-4-6-11-12(8)13(9(2)17-11)14-10(15(19)20)7-16-18(14)3/h4-7,17H,1-3H3,(H,19,20). The number of rotatable bonds is 2. The van der Waals surface area contributed by atoms with Crippen LogP contribution < -0.4 is 0 Å². The quantitative estimate of drug-likeness (QED) is 0.751. The number of fused-ring (bicyclic) bond motifs is 1. The van der Waals surface area contributed by atoms with Crippen LogP contribution in [0.5, 0.6) is 0 Å². The van der Waals surface area contributed by atoms with Gasteiger partial charge in [0.25, 0.3) is 0 Å². The molecule has 0 aliphatic heterocycles. The first kappa shape index (κ1) is 12.5. The number of H-pyrrole nitrogens is 1. The summed E-state index contributed by atoms with van der Waals surface area (Å²) < 4.78 is 1.62. The minimum atomic E-state index is -0.963. The number of nitrogens with one attached hydrogen (secondary N) is 1. The molecule has 0 atom stereocenters. The molecule has 0 spiro atoms. The predicted molar refractivity (Wildman–Crippen MR) is 76.9 cm³/mol. The minimum Gasteiger partial charge on any atom is -0.478 e. The third-order valence-corrected chi connectivity index (χ3v) is 3.63. The normalized spacial score (nSPS) is 11.2. The van der Waals surface area contributed by atoms with Crippen LogP contribution in [0.2, 0.25) is 0 Å². The van der Waals surface area contributed by atoms with E-state index in [1.165, 1.54) is 6.20 Å². The molecule has 1 aromatic carbocycles. The van der Waals surface area contributed by atoms with Gasteiger partial charge in [-0.2, -0.15) is 5.10 Å². The third kappa shape index (κ3) is 1.63. The summed E-state index contributed by atoms with van der Waals surface area (Å²) in [5.41, 5.74) is 4.83. The van der Waals surface area contributed by atoms with Crippen molar-refractivity contribution in [2.75, 3.05) is 0 Å². The highest BCUT2D eigenvalue weighted by Crippen LogP contribution is 2.35. The summed E-state index contributed by atoms with van der Waals surface area (Å²) in [6.45, 7) is 3.98. The number of aromatic carboxylic acids is 1. The molecule has 2 heterocycles. The van der Waals surface area contributed by atoms with E-state index in [0.29, 0.717) is 5.69 Å². The SMILES string of the molecule is Cc1[nH]c2cccc(C)c2c1-c1c(C(=O)O)cnn1C. The van der Waals surface area contributed by atoms with Crippen LogP contribution in [0.15, 0.2) is 24.4 Å². The van der Waals surface area contributed by atoms with Gasteiger partial charge >= 0.3 is 5.97 Å². The molecule has 5 nitrogen and oxygen atoms in total. The summed E-state index contributed by atoms with van der Waals surface area (Å²) in [6.07, 6.45) is 1.40. The Kier molecular flexibility index (Phi) is 2.64. The maximum atomic E-state index is 11.4. The number of hydrogen-bond acceptors (Lipinski definition) is 2. The molecule has 0 unspecified atom stereocenters. The molecule has 0 aliphatic rings. The maximum absolute atomic E-state index is 11.4. The largest absolute Gasteiger partial charge is 0.478 e. The first-order chi connectivity index (χ1) is 9.50. The van der Waals surface area contributed by atoms with Crippen LogP contribution in [0.3, 0.4) is 0 Å². The van der Waals surface area contributed by atoms with Crippen molar-refractivity contribution in [2.45, 2.75) is 13.8 Å². The van der Waals surface area contributed by atoms with Crippen molar-refractivity contribution in [1.29, 1.82) is 0 Å². The monoisotopic (exact) mass is 269 g/mol. The molecular formula is C15H15N3O2. The second-order valence-corrected chi connectivity index (χ2v) is 4.96. The maximum Gasteiger partial charge on any atom is 0.339 e. The first-order valence-electron chi connectivity index (χ1n) is 6.34. The smallest absolute Gasteiger partial charge is 0.339 e. The van der Waals surface area contributed by atoms with E-state index in [2.05, 4.69) is 10.1 Å². The van der Waals surface area contributed by atoms with Gasteiger partial charge in [-0.25, -0.2) is 4.79 Å². The summed E-state index contributed by atoms with van der Waals surface area (Å²) in [4.78, 5) is 14.7. The topological polar surface area (TPSA) is 70.9 Å². The molecule has 0 fully saturated rings. The fourth-order valence-corrected chi connectivity index (χ4v) is 2.74. The molecule has 0 bridgehead atoms. The average Bonchev–Trinajstić information content (AvgIpc) is 2.90. The highest BCUT2D eigenvalue weighted by atomic mass is 16.4. The van der Waals surface area contributed by atoms with Gasteiger partial charge in [0.15, 0.2) is 0 Å². The van der Waals surface area contributed by atoms with E-state index in [9.17, 15) is 9.90 Å². The lowest BCUT2D eigenvalue weighted by atomic mass is 10.0. The van der Waals surface area contributed by atoms with Gasteiger partial charge in [0, 0.05) is 29.2 Å². The van der Waals surface area contributed by atoms with Crippen molar-refractivity contribution < 1.29 is 9.90 Å². The zero-order valence-electron chi connectivity index (χ0n) is 11.6. The molecule has 3 aromatic rings. The summed E-state index contributed by atoms with van der Waals surface area (Å²) in [6, 6.07) is 6.00. The van der Waals surface area contributed by atoms with Crippen molar-refractivity contribution in [1.82, 2.24) is 14.8 Å². The first-order valence-corrected chi connectivity index (χ1v) is 6.34. The van der Waals surface area contributed by atoms with Gasteiger partial charge in [-0.1, -0.05) is 12.1 Å². The van der Waals surface area contributed by atoms with E-state index in [1.807, 2.05) is 32.0 Å². The lowest BCUT2D eigenvalue weighted by Gasteiger charge is -2.06. The molecule has 102 valence electrons. The zero-order chi connectivity index (χ0) is 14.4. The van der Waals surface area contributed by atoms with E-state index in [-0.39, 0.29) is 5.56 Å².